The van der Waals surface area contributed by atoms with Crippen molar-refractivity contribution in [3.05, 3.63) is 18.2 Å². The van der Waals surface area contributed by atoms with Crippen molar-refractivity contribution >= 4 is 0 Å². The summed E-state index contributed by atoms with van der Waals surface area (Å²) in [5.41, 5.74) is 0.160. The van der Waals surface area contributed by atoms with Gasteiger partial charge in [-0.25, -0.2) is 4.98 Å². The Morgan fingerprint density at radius 2 is 2.27 bits per heavy atom. The van der Waals surface area contributed by atoms with Gasteiger partial charge < -0.3 is 10.3 Å². The van der Waals surface area contributed by atoms with E-state index in [-0.39, 0.29) is 5.54 Å². The number of aromatic amines is 1. The molecule has 62 valence electrons. The Morgan fingerprint density at radius 3 is 2.73 bits per heavy atom. The summed E-state index contributed by atoms with van der Waals surface area (Å²) in [6.07, 6.45) is 3.60. The van der Waals surface area contributed by atoms with Crippen LogP contribution in [0.5, 0.6) is 0 Å². The first kappa shape index (κ1) is 8.27. The van der Waals surface area contributed by atoms with E-state index in [9.17, 15) is 0 Å². The molecule has 1 aromatic heterocycles. The second kappa shape index (κ2) is 3.05. The summed E-state index contributed by atoms with van der Waals surface area (Å²) in [5, 5.41) is 3.33. The molecule has 0 fully saturated rings. The van der Waals surface area contributed by atoms with Crippen LogP contribution in [0, 0.1) is 0 Å². The summed E-state index contributed by atoms with van der Waals surface area (Å²) in [5.74, 6) is 0.986. The highest BCUT2D eigenvalue weighted by Crippen LogP contribution is 1.99. The molecule has 1 aromatic rings. The van der Waals surface area contributed by atoms with Gasteiger partial charge in [0.05, 0.1) is 6.54 Å². The number of hydrogen-bond acceptors (Lipinski definition) is 2. The molecule has 0 spiro atoms. The van der Waals surface area contributed by atoms with Gasteiger partial charge in [0.25, 0.3) is 0 Å². The molecular weight excluding hydrogens is 138 g/mol. The highest BCUT2D eigenvalue weighted by atomic mass is 15.0. The van der Waals surface area contributed by atoms with E-state index in [1.54, 1.807) is 6.20 Å². The molecule has 0 bridgehead atoms. The molecule has 1 rings (SSSR count). The van der Waals surface area contributed by atoms with E-state index in [1.165, 1.54) is 0 Å². The standard InChI is InChI=1S/C8H15N3/c1-8(2,3)11-6-7-9-4-5-10-7/h4-5,11H,6H2,1-3H3,(H,9,10). The second-order valence-corrected chi connectivity index (χ2v) is 3.64. The van der Waals surface area contributed by atoms with E-state index in [1.807, 2.05) is 6.20 Å². The van der Waals surface area contributed by atoms with Crippen molar-refractivity contribution in [3.63, 3.8) is 0 Å². The Labute approximate surface area is 67.2 Å². The van der Waals surface area contributed by atoms with E-state index in [0.717, 1.165) is 12.4 Å². The monoisotopic (exact) mass is 153 g/mol. The molecule has 0 amide bonds. The fraction of sp³-hybridized carbons (Fsp3) is 0.625. The van der Waals surface area contributed by atoms with Gasteiger partial charge in [-0.05, 0) is 20.8 Å². The van der Waals surface area contributed by atoms with E-state index in [2.05, 4.69) is 36.1 Å². The molecule has 1 heterocycles. The predicted octanol–water partition coefficient (Wildman–Crippen LogP) is 1.30. The molecule has 3 nitrogen and oxygen atoms in total. The number of imidazole rings is 1. The Kier molecular flexibility index (Phi) is 2.29. The third-order valence-corrected chi connectivity index (χ3v) is 1.34. The average Bonchev–Trinajstić information content (AvgIpc) is 2.32. The first-order chi connectivity index (χ1) is 5.08. The Morgan fingerprint density at radius 1 is 1.55 bits per heavy atom. The first-order valence-corrected chi connectivity index (χ1v) is 3.81. The lowest BCUT2D eigenvalue weighted by Crippen LogP contribution is -2.35. The Bertz CT molecular complexity index is 196. The van der Waals surface area contributed by atoms with Crippen LogP contribution in [-0.2, 0) is 6.54 Å². The molecule has 0 aromatic carbocycles. The number of aromatic nitrogens is 2. The molecule has 0 radical (unpaired) electrons. The predicted molar refractivity (Wildman–Crippen MR) is 45.2 cm³/mol. The molecule has 0 aliphatic carbocycles. The maximum atomic E-state index is 4.10. The lowest BCUT2D eigenvalue weighted by Gasteiger charge is -2.19. The zero-order valence-electron chi connectivity index (χ0n) is 7.31. The number of rotatable bonds is 2. The van der Waals surface area contributed by atoms with Crippen molar-refractivity contribution in [2.75, 3.05) is 0 Å². The second-order valence-electron chi connectivity index (χ2n) is 3.64. The normalized spacial score (nSPS) is 11.9. The number of hydrogen-bond donors (Lipinski definition) is 2. The lowest BCUT2D eigenvalue weighted by atomic mass is 10.1. The minimum absolute atomic E-state index is 0.160. The van der Waals surface area contributed by atoms with Crippen LogP contribution in [0.1, 0.15) is 26.6 Å². The van der Waals surface area contributed by atoms with Gasteiger partial charge in [-0.3, -0.25) is 0 Å². The summed E-state index contributed by atoms with van der Waals surface area (Å²) in [6, 6.07) is 0. The molecule has 0 unspecified atom stereocenters. The maximum absolute atomic E-state index is 4.10. The minimum atomic E-state index is 0.160. The third-order valence-electron chi connectivity index (χ3n) is 1.34. The molecule has 0 aliphatic heterocycles. The van der Waals surface area contributed by atoms with Crippen LogP contribution in [-0.4, -0.2) is 15.5 Å². The Hall–Kier alpha value is -0.830. The number of nitrogens with one attached hydrogen (secondary N) is 2. The van der Waals surface area contributed by atoms with E-state index in [0.29, 0.717) is 0 Å². The number of H-pyrrole nitrogens is 1. The molecule has 0 saturated heterocycles. The van der Waals surface area contributed by atoms with Crippen LogP contribution in [0.25, 0.3) is 0 Å². The summed E-state index contributed by atoms with van der Waals surface area (Å²) < 4.78 is 0. The Balaban J connectivity index is 2.35. The largest absolute Gasteiger partial charge is 0.348 e. The first-order valence-electron chi connectivity index (χ1n) is 3.81. The summed E-state index contributed by atoms with van der Waals surface area (Å²) in [4.78, 5) is 7.14. The van der Waals surface area contributed by atoms with Gasteiger partial charge in [0.2, 0.25) is 0 Å². The van der Waals surface area contributed by atoms with Crippen LogP contribution in [0.3, 0.4) is 0 Å². The number of nitrogens with zero attached hydrogens (tertiary/aromatic N) is 1. The van der Waals surface area contributed by atoms with Crippen LogP contribution in [0.4, 0.5) is 0 Å². The van der Waals surface area contributed by atoms with Crippen LogP contribution in [0.2, 0.25) is 0 Å². The lowest BCUT2D eigenvalue weighted by molar-refractivity contribution is 0.418. The van der Waals surface area contributed by atoms with Crippen LogP contribution in [0.15, 0.2) is 12.4 Å². The SMILES string of the molecule is CC(C)(C)NCc1ncc[nH]1. The molecule has 3 heteroatoms. The van der Waals surface area contributed by atoms with E-state index in [4.69, 9.17) is 0 Å². The molecule has 0 aliphatic rings. The summed E-state index contributed by atoms with van der Waals surface area (Å²) in [7, 11) is 0. The van der Waals surface area contributed by atoms with Crippen molar-refractivity contribution in [1.29, 1.82) is 0 Å². The summed E-state index contributed by atoms with van der Waals surface area (Å²) in [6.45, 7) is 7.21. The maximum Gasteiger partial charge on any atom is 0.120 e. The smallest absolute Gasteiger partial charge is 0.120 e. The van der Waals surface area contributed by atoms with E-state index >= 15 is 0 Å². The van der Waals surface area contributed by atoms with Crippen molar-refractivity contribution in [2.24, 2.45) is 0 Å². The van der Waals surface area contributed by atoms with Gasteiger partial charge >= 0.3 is 0 Å². The average molecular weight is 153 g/mol. The van der Waals surface area contributed by atoms with Crippen molar-refractivity contribution in [1.82, 2.24) is 15.3 Å². The summed E-state index contributed by atoms with van der Waals surface area (Å²) >= 11 is 0. The molecule has 0 saturated carbocycles. The molecular formula is C8H15N3. The minimum Gasteiger partial charge on any atom is -0.348 e. The van der Waals surface area contributed by atoms with Gasteiger partial charge in [0, 0.05) is 17.9 Å². The zero-order chi connectivity index (χ0) is 8.32. The topological polar surface area (TPSA) is 40.7 Å². The van der Waals surface area contributed by atoms with Gasteiger partial charge in [-0.15, -0.1) is 0 Å². The van der Waals surface area contributed by atoms with Gasteiger partial charge in [-0.1, -0.05) is 0 Å². The fourth-order valence-corrected chi connectivity index (χ4v) is 0.744. The van der Waals surface area contributed by atoms with Crippen molar-refractivity contribution in [3.8, 4) is 0 Å². The highest BCUT2D eigenvalue weighted by molar-refractivity contribution is 4.87. The molecule has 2 N–H and O–H groups in total. The third kappa shape index (κ3) is 3.18. The highest BCUT2D eigenvalue weighted by Gasteiger charge is 2.08. The quantitative estimate of drug-likeness (QED) is 0.672. The van der Waals surface area contributed by atoms with Gasteiger partial charge in [0.1, 0.15) is 5.82 Å². The molecule has 11 heavy (non-hydrogen) atoms. The van der Waals surface area contributed by atoms with Gasteiger partial charge in [-0.2, -0.15) is 0 Å². The van der Waals surface area contributed by atoms with Crippen molar-refractivity contribution in [2.45, 2.75) is 32.9 Å². The van der Waals surface area contributed by atoms with Crippen LogP contribution >= 0.6 is 0 Å². The fourth-order valence-electron chi connectivity index (χ4n) is 0.744. The zero-order valence-corrected chi connectivity index (χ0v) is 7.31. The molecule has 0 atom stereocenters. The van der Waals surface area contributed by atoms with Crippen molar-refractivity contribution < 1.29 is 0 Å². The van der Waals surface area contributed by atoms with Crippen LogP contribution < -0.4 is 5.32 Å². The van der Waals surface area contributed by atoms with Gasteiger partial charge in [0.15, 0.2) is 0 Å². The van der Waals surface area contributed by atoms with E-state index < -0.39 is 0 Å².